The molecule has 11 rings (SSSR count). The Bertz CT molecular complexity index is 3100. The summed E-state index contributed by atoms with van der Waals surface area (Å²) in [6, 6.07) is 11.6. The minimum Gasteiger partial charge on any atom is -0.444 e. The summed E-state index contributed by atoms with van der Waals surface area (Å²) in [6.07, 6.45) is 12.1. The number of nitrogens with zero attached hydrogens (tertiary/aromatic N) is 9. The predicted octanol–water partition coefficient (Wildman–Crippen LogP) is 7.36. The highest BCUT2D eigenvalue weighted by Gasteiger charge is 2.37. The Kier molecular flexibility index (Phi) is 20.4. The molecule has 28 heteroatoms. The minimum absolute atomic E-state index is 0.0447. The van der Waals surface area contributed by atoms with E-state index in [1.807, 2.05) is 14.7 Å². The standard InChI is InChI=1S/C20H24ClN5O4.C20H21ClN4O7.C14H20ClN3O2/c21-18-16(11-23-26(19(18)27)17-3-1-2-10-29-17)25-9-8-15(12-25)30-20(28)24-14-6-4-13(22)5-7-14;21-18-16(11-22-24(19(18)26)17-3-1-2-10-30-17)23-9-8-15(12-23)32-20(27)31-14-6-4-13(5-7-14)25(28)29;15-12-10(18-5-4-9(16)8-18)7-17-13(14(12)19)11-3-1-2-6-20-11/h4-7,11,15,17H,1-3,8-10,12,22H2,(H,24,28);4-7,11,15,17H,1-3,8-10,12H2;7,9,11,13H,1-6,8,16H2/t2*15-,17?;9-,11?,13?/m111/s1. The van der Waals surface area contributed by atoms with Crippen LogP contribution in [-0.4, -0.2) is 143 Å². The van der Waals surface area contributed by atoms with E-state index in [0.29, 0.717) is 88.0 Å². The lowest BCUT2D eigenvalue weighted by molar-refractivity contribution is -0.384. The zero-order valence-corrected chi connectivity index (χ0v) is 47.1. The van der Waals surface area contributed by atoms with Gasteiger partial charge in [0.05, 0.1) is 53.6 Å². The number of nitrogen functional groups attached to an aromatic ring is 1. The number of non-ortho nitro benzene ring substituents is 1. The molecule has 0 radical (unpaired) electrons. The molecule has 0 aliphatic carbocycles. The highest BCUT2D eigenvalue weighted by molar-refractivity contribution is 6.45. The Morgan fingerprint density at radius 3 is 1.74 bits per heavy atom. The molecular weight excluding hydrogens is 1130 g/mol. The van der Waals surface area contributed by atoms with E-state index < -0.39 is 41.1 Å². The smallest absolute Gasteiger partial charge is 0.444 e. The number of hydrogen-bond donors (Lipinski definition) is 3. The van der Waals surface area contributed by atoms with Gasteiger partial charge in [-0.05, 0) is 101 Å². The van der Waals surface area contributed by atoms with Crippen LogP contribution in [0.25, 0.3) is 0 Å². The van der Waals surface area contributed by atoms with Crippen molar-refractivity contribution >= 4 is 87.5 Å². The summed E-state index contributed by atoms with van der Waals surface area (Å²) in [5.74, 6) is 0.0211. The lowest BCUT2D eigenvalue weighted by atomic mass is 9.97. The Labute approximate surface area is 486 Å². The number of likely N-dealkylation sites (tertiary alicyclic amines) is 1. The fourth-order valence-corrected chi connectivity index (χ4v) is 11.2. The summed E-state index contributed by atoms with van der Waals surface area (Å²) in [5, 5.41) is 22.3. The van der Waals surface area contributed by atoms with Crippen molar-refractivity contribution in [2.45, 2.75) is 120 Å². The maximum Gasteiger partial charge on any atom is 0.514 e. The van der Waals surface area contributed by atoms with Crippen LogP contribution in [-0.2, 0) is 28.5 Å². The van der Waals surface area contributed by atoms with Gasteiger partial charge in [0, 0.05) is 94.6 Å². The first-order valence-corrected chi connectivity index (χ1v) is 28.6. The van der Waals surface area contributed by atoms with Crippen LogP contribution in [0, 0.1) is 10.1 Å². The summed E-state index contributed by atoms with van der Waals surface area (Å²) < 4.78 is 35.4. The van der Waals surface area contributed by atoms with Crippen LogP contribution in [0.2, 0.25) is 10.0 Å². The van der Waals surface area contributed by atoms with Crippen molar-refractivity contribution < 1.29 is 47.7 Å². The van der Waals surface area contributed by atoms with Gasteiger partial charge in [0.1, 0.15) is 39.1 Å². The summed E-state index contributed by atoms with van der Waals surface area (Å²) in [6.45, 7) is 5.33. The van der Waals surface area contributed by atoms with E-state index >= 15 is 0 Å². The first kappa shape index (κ1) is 59.7. The number of nitro benzene ring substituents is 1. The number of carbonyl (C=O) groups is 3. The molecule has 25 nitrogen and oxygen atoms in total. The number of ketones is 1. The van der Waals surface area contributed by atoms with E-state index in [4.69, 9.17) is 74.7 Å². The van der Waals surface area contributed by atoms with Crippen molar-refractivity contribution in [2.75, 3.05) is 79.9 Å². The van der Waals surface area contributed by atoms with Gasteiger partial charge in [-0.1, -0.05) is 34.8 Å². The van der Waals surface area contributed by atoms with Crippen molar-refractivity contribution in [3.63, 3.8) is 0 Å². The highest BCUT2D eigenvalue weighted by atomic mass is 35.5. The van der Waals surface area contributed by atoms with Gasteiger partial charge in [-0.15, -0.1) is 0 Å². The number of halogens is 3. The maximum atomic E-state index is 12.7. The molecule has 0 saturated carbocycles. The first-order chi connectivity index (χ1) is 39.6. The Morgan fingerprint density at radius 1 is 0.683 bits per heavy atom. The highest BCUT2D eigenvalue weighted by Crippen LogP contribution is 2.32. The topological polar surface area (TPSA) is 306 Å². The van der Waals surface area contributed by atoms with E-state index in [2.05, 4.69) is 20.5 Å². The van der Waals surface area contributed by atoms with Crippen LogP contribution in [0.5, 0.6) is 5.75 Å². The molecule has 2 aromatic carbocycles. The van der Waals surface area contributed by atoms with Crippen LogP contribution in [0.3, 0.4) is 0 Å². The van der Waals surface area contributed by atoms with Gasteiger partial charge >= 0.3 is 12.2 Å². The molecule has 6 fully saturated rings. The fourth-order valence-electron chi connectivity index (χ4n) is 10.4. The number of aromatic nitrogens is 4. The molecule has 440 valence electrons. The molecule has 82 heavy (non-hydrogen) atoms. The van der Waals surface area contributed by atoms with Gasteiger partial charge in [0.15, 0.2) is 12.5 Å². The summed E-state index contributed by atoms with van der Waals surface area (Å²) in [4.78, 5) is 82.4. The minimum atomic E-state index is -0.917. The fraction of sp³-hybridized carbons (Fsp3) is 0.519. The third-order valence-corrected chi connectivity index (χ3v) is 15.9. The molecule has 1 amide bonds. The average Bonchev–Trinajstić information content (AvgIpc) is 4.42. The molecule has 9 heterocycles. The zero-order chi connectivity index (χ0) is 57.9. The van der Waals surface area contributed by atoms with Gasteiger partial charge in [-0.25, -0.2) is 9.59 Å². The number of benzene rings is 2. The summed E-state index contributed by atoms with van der Waals surface area (Å²) >= 11 is 19.0. The third-order valence-electron chi connectivity index (χ3n) is 14.8. The van der Waals surface area contributed by atoms with E-state index in [0.717, 1.165) is 76.6 Å². The number of hydrogen-bond acceptors (Lipinski definition) is 21. The lowest BCUT2D eigenvalue weighted by Gasteiger charge is -2.30. The van der Waals surface area contributed by atoms with Crippen molar-refractivity contribution in [3.8, 4) is 5.75 Å². The SMILES string of the molecule is N[C@@H]1CCN(C2=C(Cl)C(=O)C(C3CCCCO3)N=C2)C1.Nc1ccc(NC(=O)O[C@@H]2CCN(c3cnn(C4CCCCO4)c(=O)c3Cl)C2)cc1.O=C(Oc1ccc([N+](=O)[O-])cc1)O[C@@H]1CCN(c2cnn(C3CCCCO3)c(=O)c2Cl)C1. The summed E-state index contributed by atoms with van der Waals surface area (Å²) in [7, 11) is 0. The molecule has 7 atom stereocenters. The normalized spacial score (nSPS) is 24.5. The maximum absolute atomic E-state index is 12.7. The zero-order valence-electron chi connectivity index (χ0n) is 44.9. The second-order valence-corrected chi connectivity index (χ2v) is 21.7. The number of anilines is 4. The number of Topliss-reactive ketones (excluding diaryl/α,β-unsaturated/α-hetero) is 1. The van der Waals surface area contributed by atoms with Gasteiger partial charge in [-0.3, -0.25) is 34.8 Å². The number of rotatable bonds is 11. The van der Waals surface area contributed by atoms with Gasteiger partial charge in [0.25, 0.3) is 16.8 Å². The quantitative estimate of drug-likeness (QED) is 0.0434. The Hall–Kier alpha value is -6.87. The van der Waals surface area contributed by atoms with Gasteiger partial charge in [-0.2, -0.15) is 19.6 Å². The number of nitro groups is 1. The molecule has 5 N–H and O–H groups in total. The second-order valence-electron chi connectivity index (χ2n) is 20.6. The lowest BCUT2D eigenvalue weighted by Crippen LogP contribution is -2.41. The number of carbonyl (C=O) groups excluding carboxylic acids is 3. The molecule has 0 bridgehead atoms. The predicted molar refractivity (Wildman–Crippen MR) is 305 cm³/mol. The molecular formula is C54H65Cl3N12O13. The van der Waals surface area contributed by atoms with Crippen LogP contribution in [0.4, 0.5) is 38.0 Å². The summed E-state index contributed by atoms with van der Waals surface area (Å²) in [5.41, 5.74) is 13.6. The van der Waals surface area contributed by atoms with Gasteiger partial charge in [0.2, 0.25) is 5.78 Å². The number of aliphatic imine (C=N–C) groups is 1. The second kappa shape index (κ2) is 27.9. The number of allylic oxidation sites excluding steroid dienone is 1. The van der Waals surface area contributed by atoms with E-state index in [9.17, 15) is 34.1 Å². The molecule has 2 aromatic heterocycles. The molecule has 0 spiro atoms. The Balaban J connectivity index is 0.000000152. The van der Waals surface area contributed by atoms with Crippen molar-refractivity contribution in [2.24, 2.45) is 10.7 Å². The van der Waals surface area contributed by atoms with E-state index in [1.54, 1.807) is 36.7 Å². The van der Waals surface area contributed by atoms with Crippen LogP contribution >= 0.6 is 34.8 Å². The van der Waals surface area contributed by atoms with E-state index in [1.165, 1.54) is 39.8 Å². The largest absolute Gasteiger partial charge is 0.514 e. The molecule has 4 unspecified atom stereocenters. The number of amides is 1. The Morgan fingerprint density at radius 2 is 1.23 bits per heavy atom. The van der Waals surface area contributed by atoms with Gasteiger partial charge < -0.3 is 54.6 Å². The number of nitrogens with two attached hydrogens (primary N) is 2. The molecule has 7 aliphatic rings. The number of nitrogens with one attached hydrogen (secondary N) is 1. The first-order valence-electron chi connectivity index (χ1n) is 27.4. The van der Waals surface area contributed by atoms with Crippen molar-refractivity contribution in [1.29, 1.82) is 0 Å². The van der Waals surface area contributed by atoms with Crippen LogP contribution < -0.4 is 42.4 Å². The van der Waals surface area contributed by atoms with E-state index in [-0.39, 0.29) is 62.3 Å². The van der Waals surface area contributed by atoms with Crippen molar-refractivity contribution in [1.82, 2.24) is 24.5 Å². The average molecular weight is 1200 g/mol. The molecule has 6 saturated heterocycles. The third kappa shape index (κ3) is 15.0. The monoisotopic (exact) mass is 1190 g/mol. The molecule has 7 aliphatic heterocycles. The van der Waals surface area contributed by atoms with Crippen LogP contribution in [0.15, 0.2) is 86.2 Å². The number of ether oxygens (including phenoxy) is 6. The van der Waals surface area contributed by atoms with Crippen LogP contribution in [0.1, 0.15) is 89.5 Å². The molecule has 4 aromatic rings. The number of dihydropyridines is 1. The van der Waals surface area contributed by atoms with Crippen molar-refractivity contribution in [3.05, 3.63) is 113 Å².